The number of sulfonamides is 1. The van der Waals surface area contributed by atoms with E-state index in [2.05, 4.69) is 5.32 Å². The van der Waals surface area contributed by atoms with Gasteiger partial charge in [0.25, 0.3) is 0 Å². The third-order valence-corrected chi connectivity index (χ3v) is 7.60. The zero-order valence-electron chi connectivity index (χ0n) is 16.8. The molecule has 1 unspecified atom stereocenters. The molecular formula is C20H29N3O4S. The minimum absolute atomic E-state index is 0.162. The van der Waals surface area contributed by atoms with Crippen molar-refractivity contribution in [2.24, 2.45) is 5.92 Å². The molecule has 0 radical (unpaired) electrons. The van der Waals surface area contributed by atoms with Gasteiger partial charge in [-0.1, -0.05) is 6.07 Å². The van der Waals surface area contributed by atoms with E-state index in [4.69, 9.17) is 0 Å². The Labute approximate surface area is 167 Å². The summed E-state index contributed by atoms with van der Waals surface area (Å²) in [5.74, 6) is -0.619. The summed E-state index contributed by atoms with van der Waals surface area (Å²) in [6.45, 7) is 2.29. The topological polar surface area (TPSA) is 86.8 Å². The number of benzene rings is 1. The molecule has 1 N–H and O–H groups in total. The minimum Gasteiger partial charge on any atom is -0.347 e. The van der Waals surface area contributed by atoms with E-state index >= 15 is 0 Å². The Hall–Kier alpha value is -1.93. The van der Waals surface area contributed by atoms with Crippen LogP contribution in [-0.4, -0.2) is 62.7 Å². The number of nitrogens with zero attached hydrogens (tertiary/aromatic N) is 2. The van der Waals surface area contributed by atoms with Crippen LogP contribution >= 0.6 is 0 Å². The summed E-state index contributed by atoms with van der Waals surface area (Å²) >= 11 is 0. The Morgan fingerprint density at radius 3 is 2.43 bits per heavy atom. The molecule has 1 aliphatic carbocycles. The third-order valence-electron chi connectivity index (χ3n) is 5.70. The highest BCUT2D eigenvalue weighted by Gasteiger charge is 2.33. The second kappa shape index (κ2) is 8.21. The summed E-state index contributed by atoms with van der Waals surface area (Å²) in [5.41, 5.74) is 2.38. The van der Waals surface area contributed by atoms with Gasteiger partial charge in [0.2, 0.25) is 21.8 Å². The lowest BCUT2D eigenvalue weighted by Gasteiger charge is -2.31. The lowest BCUT2D eigenvalue weighted by Crippen LogP contribution is -2.48. The van der Waals surface area contributed by atoms with E-state index in [1.165, 1.54) is 14.8 Å². The van der Waals surface area contributed by atoms with Gasteiger partial charge >= 0.3 is 0 Å². The largest absolute Gasteiger partial charge is 0.347 e. The van der Waals surface area contributed by atoms with Crippen LogP contribution in [0.25, 0.3) is 0 Å². The van der Waals surface area contributed by atoms with E-state index < -0.39 is 16.1 Å². The van der Waals surface area contributed by atoms with Gasteiger partial charge in [-0.15, -0.1) is 0 Å². The standard InChI is InChI=1S/C20H29N3O4S/c1-14(20(25)22(2)3)21-19(24)16-9-11-23(12-10-16)28(26,27)18-8-7-15-5-4-6-17(15)13-18/h7-8,13-14,16H,4-6,9-12H2,1-3H3,(H,21,24). The molecule has 28 heavy (non-hydrogen) atoms. The predicted molar refractivity (Wildman–Crippen MR) is 106 cm³/mol. The molecule has 2 aliphatic rings. The molecule has 0 bridgehead atoms. The number of piperidine rings is 1. The average molecular weight is 408 g/mol. The number of fused-ring (bicyclic) bond motifs is 1. The Morgan fingerprint density at radius 1 is 1.14 bits per heavy atom. The van der Waals surface area contributed by atoms with Crippen LogP contribution in [0.2, 0.25) is 0 Å². The monoisotopic (exact) mass is 407 g/mol. The average Bonchev–Trinajstić information content (AvgIpc) is 3.15. The van der Waals surface area contributed by atoms with Crippen molar-refractivity contribution in [3.63, 3.8) is 0 Å². The number of nitrogens with one attached hydrogen (secondary N) is 1. The molecule has 1 aromatic carbocycles. The number of aryl methyl sites for hydroxylation is 2. The normalized spacial score (nSPS) is 19.1. The van der Waals surface area contributed by atoms with Crippen LogP contribution in [-0.2, 0) is 32.5 Å². The molecule has 1 aromatic rings. The maximum absolute atomic E-state index is 13.0. The number of hydrogen-bond donors (Lipinski definition) is 1. The maximum atomic E-state index is 13.0. The molecule has 3 rings (SSSR count). The van der Waals surface area contributed by atoms with Crippen LogP contribution in [0.1, 0.15) is 37.3 Å². The summed E-state index contributed by atoms with van der Waals surface area (Å²) in [4.78, 5) is 26.1. The lowest BCUT2D eigenvalue weighted by molar-refractivity contribution is -0.135. The molecule has 154 valence electrons. The first kappa shape index (κ1) is 20.8. The van der Waals surface area contributed by atoms with E-state index in [1.807, 2.05) is 12.1 Å². The van der Waals surface area contributed by atoms with Gasteiger partial charge in [-0.2, -0.15) is 4.31 Å². The molecule has 7 nitrogen and oxygen atoms in total. The van der Waals surface area contributed by atoms with Gasteiger partial charge in [-0.25, -0.2) is 8.42 Å². The second-order valence-electron chi connectivity index (χ2n) is 7.93. The first-order valence-corrected chi connectivity index (χ1v) is 11.3. The zero-order valence-corrected chi connectivity index (χ0v) is 17.6. The van der Waals surface area contributed by atoms with Crippen molar-refractivity contribution < 1.29 is 18.0 Å². The molecular weight excluding hydrogens is 378 g/mol. The fourth-order valence-electron chi connectivity index (χ4n) is 4.00. The van der Waals surface area contributed by atoms with Crippen molar-refractivity contribution in [3.05, 3.63) is 29.3 Å². The highest BCUT2D eigenvalue weighted by atomic mass is 32.2. The number of rotatable bonds is 5. The number of carbonyl (C=O) groups is 2. The smallest absolute Gasteiger partial charge is 0.244 e. The molecule has 2 amide bonds. The maximum Gasteiger partial charge on any atom is 0.244 e. The highest BCUT2D eigenvalue weighted by Crippen LogP contribution is 2.28. The van der Waals surface area contributed by atoms with Crippen LogP contribution in [0.15, 0.2) is 23.1 Å². The van der Waals surface area contributed by atoms with E-state index in [9.17, 15) is 18.0 Å². The molecule has 1 saturated heterocycles. The Morgan fingerprint density at radius 2 is 1.79 bits per heavy atom. The number of hydrogen-bond acceptors (Lipinski definition) is 4. The molecule has 0 saturated carbocycles. The molecule has 1 atom stereocenters. The lowest BCUT2D eigenvalue weighted by atomic mass is 9.97. The quantitative estimate of drug-likeness (QED) is 0.794. The van der Waals surface area contributed by atoms with Crippen molar-refractivity contribution in [1.29, 1.82) is 0 Å². The summed E-state index contributed by atoms with van der Waals surface area (Å²) in [6, 6.07) is 4.85. The van der Waals surface area contributed by atoms with Crippen molar-refractivity contribution in [2.45, 2.75) is 50.0 Å². The molecule has 8 heteroatoms. The summed E-state index contributed by atoms with van der Waals surface area (Å²) in [6.07, 6.45) is 3.95. The minimum atomic E-state index is -3.54. The number of carbonyl (C=O) groups excluding carboxylic acids is 2. The number of likely N-dealkylation sites (N-methyl/N-ethyl adjacent to an activating group) is 1. The first-order valence-electron chi connectivity index (χ1n) is 9.83. The summed E-state index contributed by atoms with van der Waals surface area (Å²) in [7, 11) is -0.247. The van der Waals surface area contributed by atoms with E-state index in [-0.39, 0.29) is 17.7 Å². The summed E-state index contributed by atoms with van der Waals surface area (Å²) in [5, 5.41) is 2.75. The molecule has 1 fully saturated rings. The first-order chi connectivity index (χ1) is 13.2. The SMILES string of the molecule is CC(NC(=O)C1CCN(S(=O)(=O)c2ccc3c(c2)CCC3)CC1)C(=O)N(C)C. The van der Waals surface area contributed by atoms with Gasteiger partial charge in [-0.05, 0) is 62.3 Å². The molecule has 0 spiro atoms. The molecule has 1 aliphatic heterocycles. The van der Waals surface area contributed by atoms with E-state index in [1.54, 1.807) is 27.1 Å². The van der Waals surface area contributed by atoms with Crippen LogP contribution < -0.4 is 5.32 Å². The van der Waals surface area contributed by atoms with Gasteiger partial charge in [-0.3, -0.25) is 9.59 Å². The predicted octanol–water partition coefficient (Wildman–Crippen LogP) is 1.17. The summed E-state index contributed by atoms with van der Waals surface area (Å²) < 4.78 is 27.4. The fourth-order valence-corrected chi connectivity index (χ4v) is 5.52. The van der Waals surface area contributed by atoms with Crippen molar-refractivity contribution >= 4 is 21.8 Å². The van der Waals surface area contributed by atoms with Gasteiger partial charge < -0.3 is 10.2 Å². The van der Waals surface area contributed by atoms with Crippen LogP contribution in [0.4, 0.5) is 0 Å². The number of amides is 2. The van der Waals surface area contributed by atoms with Crippen LogP contribution in [0, 0.1) is 5.92 Å². The van der Waals surface area contributed by atoms with Crippen molar-refractivity contribution in [1.82, 2.24) is 14.5 Å². The zero-order chi connectivity index (χ0) is 20.5. The highest BCUT2D eigenvalue weighted by molar-refractivity contribution is 7.89. The fraction of sp³-hybridized carbons (Fsp3) is 0.600. The molecule has 0 aromatic heterocycles. The Bertz CT molecular complexity index is 858. The second-order valence-corrected chi connectivity index (χ2v) is 9.86. The van der Waals surface area contributed by atoms with E-state index in [0.717, 1.165) is 24.8 Å². The third kappa shape index (κ3) is 4.22. The van der Waals surface area contributed by atoms with Gasteiger partial charge in [0.05, 0.1) is 4.90 Å². The molecule has 1 heterocycles. The van der Waals surface area contributed by atoms with E-state index in [0.29, 0.717) is 30.8 Å². The van der Waals surface area contributed by atoms with Crippen molar-refractivity contribution in [3.8, 4) is 0 Å². The van der Waals surface area contributed by atoms with Gasteiger partial charge in [0, 0.05) is 33.1 Å². The van der Waals surface area contributed by atoms with Crippen LogP contribution in [0.5, 0.6) is 0 Å². The van der Waals surface area contributed by atoms with Crippen molar-refractivity contribution in [2.75, 3.05) is 27.2 Å². The van der Waals surface area contributed by atoms with Gasteiger partial charge in [0.1, 0.15) is 6.04 Å². The van der Waals surface area contributed by atoms with Gasteiger partial charge in [0.15, 0.2) is 0 Å². The Kier molecular flexibility index (Phi) is 6.09. The van der Waals surface area contributed by atoms with Crippen LogP contribution in [0.3, 0.4) is 0 Å². The Balaban J connectivity index is 1.60.